The summed E-state index contributed by atoms with van der Waals surface area (Å²) in [5.74, 6) is 13.4. The van der Waals surface area contributed by atoms with Gasteiger partial charge in [-0.15, -0.1) is 0 Å². The first-order chi connectivity index (χ1) is 29.8. The summed E-state index contributed by atoms with van der Waals surface area (Å²) in [4.78, 5) is 0. The fourth-order valence-corrected chi connectivity index (χ4v) is 17.1. The van der Waals surface area contributed by atoms with Crippen LogP contribution in [0.25, 0.3) is 0 Å². The standard InChI is InChI=1S/3C20H36/c3*1-4-10-17(11-5-1)16-20(18-12-6-2-7-13-18)19-14-8-3-9-15-19/h3*17-20H,1-16H2. The minimum absolute atomic E-state index is 1.11. The van der Waals surface area contributed by atoms with Crippen molar-refractivity contribution in [1.29, 1.82) is 0 Å². The van der Waals surface area contributed by atoms with Crippen molar-refractivity contribution in [3.63, 3.8) is 0 Å². The van der Waals surface area contributed by atoms with Gasteiger partial charge in [-0.25, -0.2) is 0 Å². The molecule has 0 saturated heterocycles. The SMILES string of the molecule is C1CCC(CC(C2CCCCC2)C2CCCCC2)CC1.C1CCC(CC(C2CCCCC2)C2CCCCC2)CC1.C1CCC(CC(C2CCCCC2)C2CCCCC2)CC1. The van der Waals surface area contributed by atoms with Gasteiger partial charge in [0.25, 0.3) is 0 Å². The van der Waals surface area contributed by atoms with Crippen molar-refractivity contribution < 1.29 is 0 Å². The summed E-state index contributed by atoms with van der Waals surface area (Å²) in [6, 6.07) is 0. The summed E-state index contributed by atoms with van der Waals surface area (Å²) in [7, 11) is 0. The van der Waals surface area contributed by atoms with Gasteiger partial charge in [-0.05, 0) is 90.3 Å². The molecular formula is C60H108. The summed E-state index contributed by atoms with van der Waals surface area (Å²) in [5, 5.41) is 0. The molecule has 9 rings (SSSR count). The van der Waals surface area contributed by atoms with Crippen LogP contribution in [0.4, 0.5) is 0 Å². The fourth-order valence-electron chi connectivity index (χ4n) is 17.1. The van der Waals surface area contributed by atoms with E-state index in [1.54, 1.807) is 212 Å². The maximum Gasteiger partial charge on any atom is -0.0355 e. The Balaban J connectivity index is 0.000000136. The van der Waals surface area contributed by atoms with Gasteiger partial charge >= 0.3 is 0 Å². The van der Waals surface area contributed by atoms with E-state index in [1.807, 2.05) is 0 Å². The molecule has 9 saturated carbocycles. The summed E-state index contributed by atoms with van der Waals surface area (Å²) in [6.45, 7) is 0. The highest BCUT2D eigenvalue weighted by atomic mass is 14.4. The van der Waals surface area contributed by atoms with Crippen LogP contribution in [0.5, 0.6) is 0 Å². The molecule has 0 N–H and O–H groups in total. The van der Waals surface area contributed by atoms with E-state index < -0.39 is 0 Å². The van der Waals surface area contributed by atoms with E-state index in [0.717, 1.165) is 71.0 Å². The van der Waals surface area contributed by atoms with Crippen LogP contribution in [0.3, 0.4) is 0 Å². The maximum absolute atomic E-state index is 1.62. The highest BCUT2D eigenvalue weighted by Gasteiger charge is 2.36. The topological polar surface area (TPSA) is 0 Å². The third kappa shape index (κ3) is 16.2. The van der Waals surface area contributed by atoms with Gasteiger partial charge in [-0.3, -0.25) is 0 Å². The predicted molar refractivity (Wildman–Crippen MR) is 263 cm³/mol. The Kier molecular flexibility index (Phi) is 22.5. The molecule has 0 nitrogen and oxygen atoms in total. The highest BCUT2D eigenvalue weighted by Crippen LogP contribution is 2.48. The smallest absolute Gasteiger partial charge is 0.0355 e. The molecule has 0 radical (unpaired) electrons. The zero-order chi connectivity index (χ0) is 40.9. The van der Waals surface area contributed by atoms with E-state index in [2.05, 4.69) is 0 Å². The summed E-state index contributed by atoms with van der Waals surface area (Å²) >= 11 is 0. The molecule has 0 heterocycles. The summed E-state index contributed by atoms with van der Waals surface area (Å²) in [6.07, 6.45) is 74.6. The predicted octanol–water partition coefficient (Wildman–Crippen LogP) is 20.2. The number of rotatable bonds is 12. The summed E-state index contributed by atoms with van der Waals surface area (Å²) < 4.78 is 0. The lowest BCUT2D eigenvalue weighted by Gasteiger charge is -2.40. The van der Waals surface area contributed by atoms with Crippen LogP contribution in [0.15, 0.2) is 0 Å². The van der Waals surface area contributed by atoms with Crippen molar-refractivity contribution in [2.75, 3.05) is 0 Å². The molecule has 9 aliphatic rings. The molecule has 348 valence electrons. The molecule has 0 atom stereocenters. The van der Waals surface area contributed by atoms with Crippen LogP contribution in [0.2, 0.25) is 0 Å². The minimum atomic E-state index is 1.11. The Morgan fingerprint density at radius 3 is 0.450 bits per heavy atom. The third-order valence-corrected chi connectivity index (χ3v) is 20.5. The normalized spacial score (nSPS) is 28.1. The van der Waals surface area contributed by atoms with E-state index in [0.29, 0.717) is 0 Å². The molecule has 0 amide bonds. The Morgan fingerprint density at radius 2 is 0.300 bits per heavy atom. The molecule has 0 unspecified atom stereocenters. The second kappa shape index (κ2) is 28.1. The Bertz CT molecular complexity index is 833. The van der Waals surface area contributed by atoms with Gasteiger partial charge in [0.05, 0.1) is 0 Å². The van der Waals surface area contributed by atoms with Crippen LogP contribution in [-0.2, 0) is 0 Å². The second-order valence-electron chi connectivity index (χ2n) is 24.6. The van der Waals surface area contributed by atoms with Crippen molar-refractivity contribution in [1.82, 2.24) is 0 Å². The molecule has 0 aromatic carbocycles. The van der Waals surface area contributed by atoms with Crippen LogP contribution >= 0.6 is 0 Å². The van der Waals surface area contributed by atoms with Gasteiger partial charge in [0, 0.05) is 0 Å². The van der Waals surface area contributed by atoms with Crippen LogP contribution < -0.4 is 0 Å². The van der Waals surface area contributed by atoms with Crippen LogP contribution in [0.1, 0.15) is 308 Å². The van der Waals surface area contributed by atoms with E-state index in [1.165, 1.54) is 96.3 Å². The average molecular weight is 830 g/mol. The molecular weight excluding hydrogens is 721 g/mol. The van der Waals surface area contributed by atoms with Gasteiger partial charge < -0.3 is 0 Å². The Morgan fingerprint density at radius 1 is 0.167 bits per heavy atom. The van der Waals surface area contributed by atoms with Crippen molar-refractivity contribution in [3.8, 4) is 0 Å². The lowest BCUT2D eigenvalue weighted by Crippen LogP contribution is -2.29. The monoisotopic (exact) mass is 829 g/mol. The van der Waals surface area contributed by atoms with Gasteiger partial charge in [-0.2, -0.15) is 0 Å². The van der Waals surface area contributed by atoms with E-state index in [4.69, 9.17) is 0 Å². The van der Waals surface area contributed by atoms with E-state index in [-0.39, 0.29) is 0 Å². The van der Waals surface area contributed by atoms with Crippen molar-refractivity contribution >= 4 is 0 Å². The molecule has 0 aromatic rings. The first-order valence-corrected chi connectivity index (χ1v) is 29.8. The summed E-state index contributed by atoms with van der Waals surface area (Å²) in [5.41, 5.74) is 0. The lowest BCUT2D eigenvalue weighted by atomic mass is 9.65. The molecule has 0 spiro atoms. The first kappa shape index (κ1) is 47.9. The molecule has 9 aliphatic carbocycles. The molecule has 0 heteroatoms. The van der Waals surface area contributed by atoms with Gasteiger partial charge in [0.2, 0.25) is 0 Å². The van der Waals surface area contributed by atoms with Crippen molar-refractivity contribution in [2.45, 2.75) is 308 Å². The van der Waals surface area contributed by atoms with Crippen LogP contribution in [0, 0.1) is 71.0 Å². The fraction of sp³-hybridized carbons (Fsp3) is 1.00. The quantitative estimate of drug-likeness (QED) is 0.184. The number of hydrogen-bond acceptors (Lipinski definition) is 0. The highest BCUT2D eigenvalue weighted by molar-refractivity contribution is 4.87. The molecule has 60 heavy (non-hydrogen) atoms. The molecule has 9 fully saturated rings. The maximum atomic E-state index is 1.62. The average Bonchev–Trinajstić information content (AvgIpc) is 3.35. The van der Waals surface area contributed by atoms with Crippen molar-refractivity contribution in [2.24, 2.45) is 71.0 Å². The molecule has 0 aliphatic heterocycles. The third-order valence-electron chi connectivity index (χ3n) is 20.5. The number of hydrogen-bond donors (Lipinski definition) is 0. The zero-order valence-electron chi connectivity index (χ0n) is 40.9. The van der Waals surface area contributed by atoms with Crippen LogP contribution in [-0.4, -0.2) is 0 Å². The van der Waals surface area contributed by atoms with Gasteiger partial charge in [0.15, 0.2) is 0 Å². The minimum Gasteiger partial charge on any atom is -0.0533 e. The zero-order valence-corrected chi connectivity index (χ0v) is 40.9. The Hall–Kier alpha value is 0. The lowest BCUT2D eigenvalue weighted by molar-refractivity contribution is 0.108. The Labute approximate surface area is 377 Å². The molecule has 0 aromatic heterocycles. The largest absolute Gasteiger partial charge is 0.0533 e. The van der Waals surface area contributed by atoms with Crippen molar-refractivity contribution in [3.05, 3.63) is 0 Å². The second-order valence-corrected chi connectivity index (χ2v) is 24.6. The van der Waals surface area contributed by atoms with Gasteiger partial charge in [0.1, 0.15) is 0 Å². The molecule has 0 bridgehead atoms. The van der Waals surface area contributed by atoms with Gasteiger partial charge in [-0.1, -0.05) is 289 Å². The first-order valence-electron chi connectivity index (χ1n) is 29.8. The van der Waals surface area contributed by atoms with E-state index in [9.17, 15) is 0 Å². The van der Waals surface area contributed by atoms with E-state index >= 15 is 0 Å².